The number of allylic oxidation sites excluding steroid dienone is 2. The summed E-state index contributed by atoms with van der Waals surface area (Å²) in [4.78, 5) is 28.8. The molecule has 2 aromatic carbocycles. The van der Waals surface area contributed by atoms with Gasteiger partial charge in [0.05, 0.1) is 32.3 Å². The minimum atomic E-state index is -1.80. The van der Waals surface area contributed by atoms with Crippen LogP contribution >= 0.6 is 15.9 Å². The first-order chi connectivity index (χ1) is 19.2. The van der Waals surface area contributed by atoms with E-state index in [2.05, 4.69) is 44.1 Å². The summed E-state index contributed by atoms with van der Waals surface area (Å²) in [5.74, 6) is 0. The predicted molar refractivity (Wildman–Crippen MR) is 157 cm³/mol. The molecule has 0 aliphatic heterocycles. The van der Waals surface area contributed by atoms with E-state index in [4.69, 9.17) is 10.0 Å². The van der Waals surface area contributed by atoms with Gasteiger partial charge in [0.25, 0.3) is 11.4 Å². The van der Waals surface area contributed by atoms with Crippen molar-refractivity contribution in [3.63, 3.8) is 0 Å². The van der Waals surface area contributed by atoms with Crippen LogP contribution in [0.1, 0.15) is 22.5 Å². The van der Waals surface area contributed by atoms with Crippen molar-refractivity contribution < 1.29 is 19.9 Å². The zero-order chi connectivity index (χ0) is 28.6. The Bertz CT molecular complexity index is 1630. The zero-order valence-electron chi connectivity index (χ0n) is 20.9. The third kappa shape index (κ3) is 6.91. The van der Waals surface area contributed by atoms with E-state index < -0.39 is 12.0 Å². The molecule has 0 saturated carbocycles. The van der Waals surface area contributed by atoms with Gasteiger partial charge in [0.2, 0.25) is 0 Å². The highest BCUT2D eigenvalue weighted by atomic mass is 79.9. The maximum Gasteiger partial charge on any atom is 0.495 e. The molecule has 0 radical (unpaired) electrons. The lowest BCUT2D eigenvalue weighted by Crippen LogP contribution is -2.31. The number of rotatable bonds is 4. The van der Waals surface area contributed by atoms with Crippen LogP contribution in [0.2, 0.25) is 0 Å². The van der Waals surface area contributed by atoms with Crippen molar-refractivity contribution in [3.8, 4) is 11.1 Å². The number of para-hydroxylation sites is 2. The number of benzene rings is 2. The molecule has 2 N–H and O–H groups in total. The summed E-state index contributed by atoms with van der Waals surface area (Å²) in [6.07, 6.45) is 13.6. The molecule has 2 aliphatic carbocycles. The first-order valence-electron chi connectivity index (χ1n) is 12.0. The minimum absolute atomic E-state index is 0.0949. The number of aromatic nitrogens is 2. The van der Waals surface area contributed by atoms with Gasteiger partial charge in [0.1, 0.15) is 0 Å². The Hall–Kier alpha value is -4.52. The highest BCUT2D eigenvalue weighted by Crippen LogP contribution is 2.31. The number of nitrogens with zero attached hydrogens (tertiary/aromatic N) is 4. The van der Waals surface area contributed by atoms with E-state index in [1.165, 1.54) is 35.9 Å². The Balaban J connectivity index is 0.000000147. The first kappa shape index (κ1) is 28.5. The summed E-state index contributed by atoms with van der Waals surface area (Å²) >= 11 is 3.37. The maximum absolute atomic E-state index is 11.0. The van der Waals surface area contributed by atoms with Crippen LogP contribution in [0.15, 0.2) is 89.7 Å². The summed E-state index contributed by atoms with van der Waals surface area (Å²) in [5.41, 5.74) is 5.65. The van der Waals surface area contributed by atoms with Crippen molar-refractivity contribution >= 4 is 52.0 Å². The van der Waals surface area contributed by atoms with E-state index in [1.54, 1.807) is 24.4 Å². The standard InChI is InChI=1S/C14H10N2O2.C8H6BrN.C6H6BNO4/c17-16(18)14-7-2-1-5-12(14)11-8-10-4-3-6-13(10)15-9-11;9-7-4-6-2-1-3-8(6)10-5-7;9-7(10)5-3-1-2-4-6(5)8(11)12/h1-3,5-9H,4H2;1,3-5H,2H2;1-4,9-10H. The van der Waals surface area contributed by atoms with Gasteiger partial charge in [-0.05, 0) is 70.2 Å². The summed E-state index contributed by atoms with van der Waals surface area (Å²) < 4.78 is 1.06. The number of nitro groups is 2. The van der Waals surface area contributed by atoms with Crippen molar-refractivity contribution in [3.05, 3.63) is 132 Å². The molecule has 200 valence electrons. The van der Waals surface area contributed by atoms with Gasteiger partial charge in [0.15, 0.2) is 0 Å². The fourth-order valence-electron chi connectivity index (χ4n) is 4.13. The van der Waals surface area contributed by atoms with Gasteiger partial charge in [-0.2, -0.15) is 0 Å². The van der Waals surface area contributed by atoms with E-state index in [9.17, 15) is 20.2 Å². The monoisotopic (exact) mass is 600 g/mol. The minimum Gasteiger partial charge on any atom is -0.423 e. The van der Waals surface area contributed by atoms with Crippen molar-refractivity contribution in [2.75, 3.05) is 0 Å². The van der Waals surface area contributed by atoms with Gasteiger partial charge in [-0.15, -0.1) is 0 Å². The Morgan fingerprint density at radius 2 is 1.32 bits per heavy atom. The molecule has 0 amide bonds. The molecule has 0 unspecified atom stereocenters. The molecule has 12 heteroatoms. The molecule has 4 aromatic rings. The summed E-state index contributed by atoms with van der Waals surface area (Å²) in [5, 5.41) is 38.7. The Labute approximate surface area is 238 Å². The number of fused-ring (bicyclic) bond motifs is 2. The molecule has 0 fully saturated rings. The number of nitro benzene ring substituents is 2. The summed E-state index contributed by atoms with van der Waals surface area (Å²) in [7, 11) is -1.80. The molecule has 2 heterocycles. The molecule has 0 spiro atoms. The van der Waals surface area contributed by atoms with Crippen LogP contribution in [0.5, 0.6) is 0 Å². The third-order valence-corrected chi connectivity index (χ3v) is 6.45. The first-order valence-corrected chi connectivity index (χ1v) is 12.8. The zero-order valence-corrected chi connectivity index (χ0v) is 22.5. The van der Waals surface area contributed by atoms with Crippen LogP contribution in [0.4, 0.5) is 11.4 Å². The Morgan fingerprint density at radius 3 is 1.93 bits per heavy atom. The SMILES string of the molecule is Brc1cnc2c(c1)CC=C2.O=[N+]([O-])c1ccccc1-c1cnc2c(c1)CC=C2.O=[N+]([O-])c1ccccc1B(O)O. The van der Waals surface area contributed by atoms with Crippen LogP contribution in [-0.4, -0.2) is 37.0 Å². The predicted octanol–water partition coefficient (Wildman–Crippen LogP) is 4.91. The average molecular weight is 601 g/mol. The fourth-order valence-corrected chi connectivity index (χ4v) is 4.51. The molecule has 0 bridgehead atoms. The second-order valence-corrected chi connectivity index (χ2v) is 9.56. The maximum atomic E-state index is 11.0. The molecular formula is C28H22BBrN4O6. The fraction of sp³-hybridized carbons (Fsp3) is 0.0714. The molecule has 6 rings (SSSR count). The molecule has 10 nitrogen and oxygen atoms in total. The molecule has 2 aromatic heterocycles. The number of halogens is 1. The third-order valence-electron chi connectivity index (χ3n) is 6.02. The summed E-state index contributed by atoms with van der Waals surface area (Å²) in [6, 6.07) is 16.3. The number of hydrogen-bond acceptors (Lipinski definition) is 8. The van der Waals surface area contributed by atoms with E-state index in [0.717, 1.165) is 39.8 Å². The van der Waals surface area contributed by atoms with Crippen molar-refractivity contribution in [2.24, 2.45) is 0 Å². The second-order valence-electron chi connectivity index (χ2n) is 8.64. The van der Waals surface area contributed by atoms with Crippen molar-refractivity contribution in [1.82, 2.24) is 9.97 Å². The van der Waals surface area contributed by atoms with Crippen LogP contribution in [0.25, 0.3) is 23.3 Å². The van der Waals surface area contributed by atoms with Gasteiger partial charge in [0, 0.05) is 34.6 Å². The quantitative estimate of drug-likeness (QED) is 0.190. The van der Waals surface area contributed by atoms with Gasteiger partial charge in [-0.1, -0.05) is 42.5 Å². The smallest absolute Gasteiger partial charge is 0.423 e. The average Bonchev–Trinajstić information content (AvgIpc) is 3.62. The summed E-state index contributed by atoms with van der Waals surface area (Å²) in [6.45, 7) is 0. The van der Waals surface area contributed by atoms with Crippen molar-refractivity contribution in [1.29, 1.82) is 0 Å². The van der Waals surface area contributed by atoms with E-state index in [0.29, 0.717) is 5.56 Å². The lowest BCUT2D eigenvalue weighted by molar-refractivity contribution is -0.384. The number of pyridine rings is 2. The lowest BCUT2D eigenvalue weighted by atomic mass is 9.79. The van der Waals surface area contributed by atoms with E-state index in [1.807, 2.05) is 24.4 Å². The molecule has 40 heavy (non-hydrogen) atoms. The topological polar surface area (TPSA) is 153 Å². The molecule has 0 atom stereocenters. The second kappa shape index (κ2) is 13.0. The normalized spacial score (nSPS) is 11.9. The van der Waals surface area contributed by atoms with Crippen LogP contribution in [0.3, 0.4) is 0 Å². The largest absolute Gasteiger partial charge is 0.495 e. The lowest BCUT2D eigenvalue weighted by Gasteiger charge is -2.05. The van der Waals surface area contributed by atoms with Crippen molar-refractivity contribution in [2.45, 2.75) is 12.8 Å². The highest BCUT2D eigenvalue weighted by molar-refractivity contribution is 9.10. The van der Waals surface area contributed by atoms with Gasteiger partial charge in [-0.25, -0.2) is 0 Å². The van der Waals surface area contributed by atoms with Gasteiger partial charge >= 0.3 is 7.12 Å². The Kier molecular flexibility index (Phi) is 9.28. The van der Waals surface area contributed by atoms with Gasteiger partial charge < -0.3 is 10.0 Å². The Morgan fingerprint density at radius 1 is 0.775 bits per heavy atom. The molecular weight excluding hydrogens is 579 g/mol. The van der Waals surface area contributed by atoms with Crippen LogP contribution in [0, 0.1) is 20.2 Å². The highest BCUT2D eigenvalue weighted by Gasteiger charge is 2.22. The molecule has 0 saturated heterocycles. The van der Waals surface area contributed by atoms with E-state index in [-0.39, 0.29) is 21.8 Å². The van der Waals surface area contributed by atoms with Crippen LogP contribution < -0.4 is 5.46 Å². The van der Waals surface area contributed by atoms with E-state index >= 15 is 0 Å². The van der Waals surface area contributed by atoms with Gasteiger partial charge in [-0.3, -0.25) is 30.2 Å². The number of hydrogen-bond donors (Lipinski definition) is 2. The van der Waals surface area contributed by atoms with Crippen LogP contribution in [-0.2, 0) is 12.8 Å². The molecule has 2 aliphatic rings.